The van der Waals surface area contributed by atoms with Crippen molar-refractivity contribution in [2.24, 2.45) is 0 Å². The first-order valence-corrected chi connectivity index (χ1v) is 11.2. The Morgan fingerprint density at radius 3 is 2.59 bits per heavy atom. The van der Waals surface area contributed by atoms with Crippen LogP contribution in [0.5, 0.6) is 0 Å². The molecule has 2 aromatic rings. The molecule has 1 amide bonds. The smallest absolute Gasteiger partial charge is 0.230 e. The molecule has 1 saturated heterocycles. The van der Waals surface area contributed by atoms with Crippen molar-refractivity contribution < 1.29 is 4.79 Å². The summed E-state index contributed by atoms with van der Waals surface area (Å²) in [5, 5.41) is 7.27. The van der Waals surface area contributed by atoms with E-state index in [-0.39, 0.29) is 5.91 Å². The zero-order valence-electron chi connectivity index (χ0n) is 15.1. The molecule has 2 fully saturated rings. The molecule has 1 aromatic heterocycles. The number of benzene rings is 1. The highest BCUT2D eigenvalue weighted by Crippen LogP contribution is 2.43. The van der Waals surface area contributed by atoms with Gasteiger partial charge in [0, 0.05) is 18.5 Å². The first-order valence-electron chi connectivity index (χ1n) is 9.52. The van der Waals surface area contributed by atoms with Gasteiger partial charge in [-0.3, -0.25) is 4.79 Å². The number of carbonyl (C=O) groups is 1. The van der Waals surface area contributed by atoms with Gasteiger partial charge in [-0.15, -0.1) is 11.3 Å². The van der Waals surface area contributed by atoms with Gasteiger partial charge in [-0.2, -0.15) is 0 Å². The van der Waals surface area contributed by atoms with Crippen LogP contribution in [-0.4, -0.2) is 24.0 Å². The summed E-state index contributed by atoms with van der Waals surface area (Å²) in [4.78, 5) is 20.2. The molecule has 0 spiro atoms. The topological polar surface area (TPSA) is 45.2 Å². The number of carbonyl (C=O) groups excluding carboxylic acids is 1. The first kappa shape index (κ1) is 19.0. The lowest BCUT2D eigenvalue weighted by molar-refractivity contribution is -0.126. The van der Waals surface area contributed by atoms with Crippen LogP contribution >= 0.6 is 34.5 Å². The Balaban J connectivity index is 1.47. The second kappa shape index (κ2) is 7.98. The van der Waals surface area contributed by atoms with Crippen LogP contribution in [0, 0.1) is 0 Å². The fourth-order valence-electron chi connectivity index (χ4n) is 4.19. The van der Waals surface area contributed by atoms with Crippen LogP contribution in [0.4, 0.5) is 5.13 Å². The monoisotopic (exact) mass is 423 g/mol. The molecule has 1 aliphatic carbocycles. The third kappa shape index (κ3) is 3.82. The number of thiazole rings is 1. The van der Waals surface area contributed by atoms with Gasteiger partial charge in [0.1, 0.15) is 0 Å². The molecule has 2 heterocycles. The SMILES string of the molecule is O=C(NCc1csc(N2CCCC2)n1)C1(c2ccc(Cl)c(Cl)c2)CCCC1. The van der Waals surface area contributed by atoms with Crippen LogP contribution in [-0.2, 0) is 16.8 Å². The summed E-state index contributed by atoms with van der Waals surface area (Å²) >= 11 is 13.9. The van der Waals surface area contributed by atoms with E-state index in [2.05, 4.69) is 15.6 Å². The van der Waals surface area contributed by atoms with E-state index in [0.29, 0.717) is 16.6 Å². The lowest BCUT2D eigenvalue weighted by atomic mass is 9.78. The van der Waals surface area contributed by atoms with Crippen LogP contribution in [0.25, 0.3) is 0 Å². The molecule has 0 radical (unpaired) electrons. The quantitative estimate of drug-likeness (QED) is 0.720. The predicted molar refractivity (Wildman–Crippen MR) is 112 cm³/mol. The molecule has 1 aromatic carbocycles. The van der Waals surface area contributed by atoms with Crippen LogP contribution in [0.2, 0.25) is 10.0 Å². The Morgan fingerprint density at radius 1 is 1.15 bits per heavy atom. The summed E-state index contributed by atoms with van der Waals surface area (Å²) in [6.45, 7) is 2.63. The average molecular weight is 424 g/mol. The van der Waals surface area contributed by atoms with Gasteiger partial charge in [-0.1, -0.05) is 42.1 Å². The molecule has 1 N–H and O–H groups in total. The number of hydrogen-bond donors (Lipinski definition) is 1. The van der Waals surface area contributed by atoms with Crippen LogP contribution in [0.1, 0.15) is 49.8 Å². The number of halogens is 2. The molecular weight excluding hydrogens is 401 g/mol. The second-order valence-electron chi connectivity index (χ2n) is 7.42. The van der Waals surface area contributed by atoms with Crippen molar-refractivity contribution in [3.63, 3.8) is 0 Å². The van der Waals surface area contributed by atoms with Gasteiger partial charge in [-0.25, -0.2) is 4.98 Å². The zero-order valence-corrected chi connectivity index (χ0v) is 17.5. The number of nitrogens with one attached hydrogen (secondary N) is 1. The van der Waals surface area contributed by atoms with Crippen molar-refractivity contribution in [3.8, 4) is 0 Å². The summed E-state index contributed by atoms with van der Waals surface area (Å²) < 4.78 is 0. The van der Waals surface area contributed by atoms with Crippen LogP contribution < -0.4 is 10.2 Å². The lowest BCUT2D eigenvalue weighted by Crippen LogP contribution is -2.42. The van der Waals surface area contributed by atoms with Gasteiger partial charge in [0.25, 0.3) is 0 Å². The van der Waals surface area contributed by atoms with Crippen LogP contribution in [0.3, 0.4) is 0 Å². The number of hydrogen-bond acceptors (Lipinski definition) is 4. The molecule has 0 unspecified atom stereocenters. The predicted octanol–water partition coefficient (Wildman–Crippen LogP) is 5.18. The standard InChI is InChI=1S/C20H23Cl2N3OS/c21-16-6-5-14(11-17(16)22)20(7-1-2-8-20)18(26)23-12-15-13-27-19(24-15)25-9-3-4-10-25/h5-6,11,13H,1-4,7-10,12H2,(H,23,26). The summed E-state index contributed by atoms with van der Waals surface area (Å²) in [5.41, 5.74) is 1.38. The molecule has 1 saturated carbocycles. The highest BCUT2D eigenvalue weighted by atomic mass is 35.5. The highest BCUT2D eigenvalue weighted by Gasteiger charge is 2.42. The van der Waals surface area contributed by atoms with E-state index in [1.54, 1.807) is 17.4 Å². The molecule has 27 heavy (non-hydrogen) atoms. The minimum absolute atomic E-state index is 0.0640. The van der Waals surface area contributed by atoms with Gasteiger partial charge >= 0.3 is 0 Å². The Bertz CT molecular complexity index is 826. The molecule has 0 bridgehead atoms. The third-order valence-electron chi connectivity index (χ3n) is 5.71. The Labute approximate surface area is 173 Å². The van der Waals surface area contributed by atoms with Gasteiger partial charge in [-0.05, 0) is 43.4 Å². The van der Waals surface area contributed by atoms with E-state index < -0.39 is 5.41 Å². The Kier molecular flexibility index (Phi) is 5.62. The first-order chi connectivity index (χ1) is 13.1. The summed E-state index contributed by atoms with van der Waals surface area (Å²) in [7, 11) is 0. The van der Waals surface area contributed by atoms with E-state index in [4.69, 9.17) is 28.2 Å². The van der Waals surface area contributed by atoms with Gasteiger partial charge in [0.05, 0.1) is 27.7 Å². The van der Waals surface area contributed by atoms with E-state index in [1.807, 2.05) is 12.1 Å². The number of rotatable bonds is 5. The number of amides is 1. The minimum atomic E-state index is -0.512. The number of anilines is 1. The van der Waals surface area contributed by atoms with Crippen molar-refractivity contribution in [2.45, 2.75) is 50.5 Å². The van der Waals surface area contributed by atoms with E-state index in [9.17, 15) is 4.79 Å². The van der Waals surface area contributed by atoms with Gasteiger partial charge in [0.15, 0.2) is 5.13 Å². The maximum atomic E-state index is 13.2. The molecule has 1 aliphatic heterocycles. The fourth-order valence-corrected chi connectivity index (χ4v) is 5.37. The summed E-state index contributed by atoms with van der Waals surface area (Å²) in [6, 6.07) is 5.58. The number of aromatic nitrogens is 1. The maximum Gasteiger partial charge on any atom is 0.230 e. The normalized spacial score (nSPS) is 18.8. The highest BCUT2D eigenvalue weighted by molar-refractivity contribution is 7.13. The van der Waals surface area contributed by atoms with Crippen molar-refractivity contribution >= 4 is 45.6 Å². The van der Waals surface area contributed by atoms with E-state index in [0.717, 1.165) is 55.2 Å². The largest absolute Gasteiger partial charge is 0.350 e. The molecular formula is C20H23Cl2N3OS. The summed E-state index contributed by atoms with van der Waals surface area (Å²) in [5.74, 6) is 0.0640. The average Bonchev–Trinajstić information content (AvgIpc) is 3.42. The second-order valence-corrected chi connectivity index (χ2v) is 9.07. The molecule has 144 valence electrons. The van der Waals surface area contributed by atoms with Crippen molar-refractivity contribution in [3.05, 3.63) is 44.9 Å². The zero-order chi connectivity index (χ0) is 18.9. The van der Waals surface area contributed by atoms with Crippen molar-refractivity contribution in [1.82, 2.24) is 10.3 Å². The maximum absolute atomic E-state index is 13.2. The van der Waals surface area contributed by atoms with Gasteiger partial charge in [0.2, 0.25) is 5.91 Å². The van der Waals surface area contributed by atoms with E-state index >= 15 is 0 Å². The molecule has 2 aliphatic rings. The van der Waals surface area contributed by atoms with Gasteiger partial charge < -0.3 is 10.2 Å². The Hall–Kier alpha value is -1.30. The minimum Gasteiger partial charge on any atom is -0.350 e. The van der Waals surface area contributed by atoms with E-state index in [1.165, 1.54) is 12.8 Å². The molecule has 4 nitrogen and oxygen atoms in total. The molecule has 4 rings (SSSR count). The summed E-state index contributed by atoms with van der Waals surface area (Å²) in [6.07, 6.45) is 6.24. The fraction of sp³-hybridized carbons (Fsp3) is 0.500. The lowest BCUT2D eigenvalue weighted by Gasteiger charge is -2.28. The Morgan fingerprint density at radius 2 is 1.89 bits per heavy atom. The van der Waals surface area contributed by atoms with Crippen LogP contribution in [0.15, 0.2) is 23.6 Å². The van der Waals surface area contributed by atoms with Crippen molar-refractivity contribution in [1.29, 1.82) is 0 Å². The van der Waals surface area contributed by atoms with Crippen molar-refractivity contribution in [2.75, 3.05) is 18.0 Å². The molecule has 0 atom stereocenters. The third-order valence-corrected chi connectivity index (χ3v) is 7.40. The molecule has 7 heteroatoms. The number of nitrogens with zero attached hydrogens (tertiary/aromatic N) is 2.